The minimum absolute atomic E-state index is 0.124. The van der Waals surface area contributed by atoms with Crippen LogP contribution in [0.15, 0.2) is 41.4 Å². The molecule has 4 rings (SSSR count). The molecule has 0 unspecified atom stereocenters. The molecule has 4 nitrogen and oxygen atoms in total. The summed E-state index contributed by atoms with van der Waals surface area (Å²) in [5.74, 6) is 1.05. The summed E-state index contributed by atoms with van der Waals surface area (Å²) < 4.78 is 0. The molecule has 2 aliphatic rings. The van der Waals surface area contributed by atoms with Gasteiger partial charge >= 0.3 is 0 Å². The largest absolute Gasteiger partial charge is 0.310 e. The van der Waals surface area contributed by atoms with Crippen LogP contribution < -0.4 is 9.80 Å². The second kappa shape index (κ2) is 6.03. The Balaban J connectivity index is 1.71. The Hall–Kier alpha value is -2.62. The number of rotatable bonds is 3. The predicted molar refractivity (Wildman–Crippen MR) is 103 cm³/mol. The average Bonchev–Trinajstić information content (AvgIpc) is 2.89. The molecule has 2 aromatic rings. The fourth-order valence-electron chi connectivity index (χ4n) is 3.51. The molecule has 0 spiro atoms. The van der Waals surface area contributed by atoms with Gasteiger partial charge in [-0.3, -0.25) is 9.79 Å². The van der Waals surface area contributed by atoms with Gasteiger partial charge in [0.2, 0.25) is 5.96 Å². The number of aliphatic imine (C=N–C) groups is 1. The van der Waals surface area contributed by atoms with Crippen molar-refractivity contribution in [1.82, 2.24) is 0 Å². The van der Waals surface area contributed by atoms with Crippen molar-refractivity contribution in [2.75, 3.05) is 29.4 Å². The highest BCUT2D eigenvalue weighted by atomic mass is 16.1. The molecule has 0 saturated carbocycles. The lowest BCUT2D eigenvalue weighted by Gasteiger charge is -2.26. The lowest BCUT2D eigenvalue weighted by molar-refractivity contribution is 0.100. The maximum absolute atomic E-state index is 12.8. The van der Waals surface area contributed by atoms with Crippen molar-refractivity contribution in [3.8, 4) is 0 Å². The summed E-state index contributed by atoms with van der Waals surface area (Å²) in [7, 11) is 0. The molecule has 0 radical (unpaired) electrons. The highest BCUT2D eigenvalue weighted by molar-refractivity contribution is 6.19. The Morgan fingerprint density at radius 2 is 1.72 bits per heavy atom. The van der Waals surface area contributed by atoms with Crippen molar-refractivity contribution in [3.05, 3.63) is 58.7 Å². The number of carbonyl (C=O) groups is 1. The fourth-order valence-corrected chi connectivity index (χ4v) is 3.51. The first-order valence-corrected chi connectivity index (χ1v) is 8.85. The van der Waals surface area contributed by atoms with Crippen molar-refractivity contribution in [1.29, 1.82) is 0 Å². The number of hydrogen-bond donors (Lipinski definition) is 0. The molecule has 0 aliphatic carbocycles. The Kier molecular flexibility index (Phi) is 3.83. The average molecular weight is 333 g/mol. The first-order chi connectivity index (χ1) is 12.0. The van der Waals surface area contributed by atoms with Gasteiger partial charge in [0.15, 0.2) is 5.78 Å². The molecule has 2 aliphatic heterocycles. The van der Waals surface area contributed by atoms with Gasteiger partial charge < -0.3 is 9.80 Å². The third-order valence-corrected chi connectivity index (χ3v) is 5.12. The quantitative estimate of drug-likeness (QED) is 0.800. The maximum atomic E-state index is 12.8. The van der Waals surface area contributed by atoms with Gasteiger partial charge in [0.1, 0.15) is 0 Å². The van der Waals surface area contributed by atoms with Crippen LogP contribution in [0.2, 0.25) is 0 Å². The van der Waals surface area contributed by atoms with E-state index in [0.717, 1.165) is 42.3 Å². The highest BCUT2D eigenvalue weighted by Crippen LogP contribution is 2.40. The van der Waals surface area contributed by atoms with Gasteiger partial charge in [-0.2, -0.15) is 0 Å². The van der Waals surface area contributed by atoms with Crippen molar-refractivity contribution in [3.63, 3.8) is 0 Å². The van der Waals surface area contributed by atoms with Crippen LogP contribution in [-0.4, -0.2) is 31.4 Å². The van der Waals surface area contributed by atoms with Crippen LogP contribution in [0.3, 0.4) is 0 Å². The second-order valence-corrected chi connectivity index (χ2v) is 6.99. The van der Waals surface area contributed by atoms with E-state index >= 15 is 0 Å². The first kappa shape index (κ1) is 15.9. The number of hydrogen-bond acceptors (Lipinski definition) is 4. The van der Waals surface area contributed by atoms with Crippen LogP contribution >= 0.6 is 0 Å². The summed E-state index contributed by atoms with van der Waals surface area (Å²) in [6.07, 6.45) is 1.05. The van der Waals surface area contributed by atoms with Crippen molar-refractivity contribution in [2.45, 2.75) is 27.2 Å². The van der Waals surface area contributed by atoms with Gasteiger partial charge in [-0.05, 0) is 50.5 Å². The van der Waals surface area contributed by atoms with Gasteiger partial charge in [-0.15, -0.1) is 0 Å². The zero-order valence-electron chi connectivity index (χ0n) is 15.0. The van der Waals surface area contributed by atoms with E-state index in [-0.39, 0.29) is 5.78 Å². The number of benzene rings is 2. The van der Waals surface area contributed by atoms with Gasteiger partial charge in [0.25, 0.3) is 0 Å². The maximum Gasteiger partial charge on any atom is 0.206 e. The summed E-state index contributed by atoms with van der Waals surface area (Å²) >= 11 is 0. The lowest BCUT2D eigenvalue weighted by Crippen LogP contribution is -2.43. The van der Waals surface area contributed by atoms with Gasteiger partial charge in [-0.1, -0.05) is 29.8 Å². The molecule has 0 bridgehead atoms. The van der Waals surface area contributed by atoms with E-state index in [1.807, 2.05) is 31.2 Å². The van der Waals surface area contributed by atoms with Crippen LogP contribution in [0.25, 0.3) is 0 Å². The Morgan fingerprint density at radius 1 is 1.04 bits per heavy atom. The number of guanidine groups is 1. The third kappa shape index (κ3) is 2.72. The highest BCUT2D eigenvalue weighted by Gasteiger charge is 2.35. The van der Waals surface area contributed by atoms with Crippen molar-refractivity contribution < 1.29 is 4.79 Å². The standard InChI is InChI=1S/C21H23N3O/c1-14-5-7-17(8-6-14)20(25)13-24-19-12-16(3)15(2)11-18(19)23-10-4-9-22-21(23)24/h5-8,11-12H,4,9-10,13H2,1-3H3. The van der Waals surface area contributed by atoms with E-state index in [1.165, 1.54) is 16.8 Å². The van der Waals surface area contributed by atoms with E-state index in [9.17, 15) is 4.79 Å². The summed E-state index contributed by atoms with van der Waals surface area (Å²) in [6, 6.07) is 12.2. The molecule has 2 heterocycles. The van der Waals surface area contributed by atoms with Crippen LogP contribution in [0, 0.1) is 20.8 Å². The zero-order valence-corrected chi connectivity index (χ0v) is 15.0. The van der Waals surface area contributed by atoms with E-state index < -0.39 is 0 Å². The smallest absolute Gasteiger partial charge is 0.206 e. The predicted octanol–water partition coefficient (Wildman–Crippen LogP) is 3.88. The molecule has 0 amide bonds. The van der Waals surface area contributed by atoms with Crippen LogP contribution in [0.5, 0.6) is 0 Å². The fraction of sp³-hybridized carbons (Fsp3) is 0.333. The number of anilines is 2. The SMILES string of the molecule is Cc1ccc(C(=O)CN2C3=NCCCN3c3cc(C)c(C)cc32)cc1. The number of Topliss-reactive ketones (excluding diaryl/α,β-unsaturated/α-hetero) is 1. The van der Waals surface area contributed by atoms with E-state index in [0.29, 0.717) is 6.54 Å². The summed E-state index contributed by atoms with van der Waals surface area (Å²) in [4.78, 5) is 21.9. The van der Waals surface area contributed by atoms with Crippen LogP contribution in [-0.2, 0) is 0 Å². The molecule has 0 fully saturated rings. The van der Waals surface area contributed by atoms with Crippen LogP contribution in [0.1, 0.15) is 33.5 Å². The van der Waals surface area contributed by atoms with Gasteiger partial charge in [0.05, 0.1) is 17.9 Å². The molecule has 0 saturated heterocycles. The number of nitrogens with zero attached hydrogens (tertiary/aromatic N) is 3. The summed E-state index contributed by atoms with van der Waals surface area (Å²) in [6.45, 7) is 8.40. The van der Waals surface area contributed by atoms with Gasteiger partial charge in [0, 0.05) is 18.7 Å². The monoisotopic (exact) mass is 333 g/mol. The topological polar surface area (TPSA) is 35.9 Å². The van der Waals surface area contributed by atoms with Crippen molar-refractivity contribution >= 4 is 23.1 Å². The van der Waals surface area contributed by atoms with Crippen molar-refractivity contribution in [2.24, 2.45) is 4.99 Å². The first-order valence-electron chi connectivity index (χ1n) is 8.85. The normalized spacial score (nSPS) is 15.7. The summed E-state index contributed by atoms with van der Waals surface area (Å²) in [5, 5.41) is 0. The van der Waals surface area contributed by atoms with E-state index in [2.05, 4.69) is 35.8 Å². The van der Waals surface area contributed by atoms with Crippen LogP contribution in [0.4, 0.5) is 11.4 Å². The molecule has 128 valence electrons. The van der Waals surface area contributed by atoms with E-state index in [1.54, 1.807) is 0 Å². The summed E-state index contributed by atoms with van der Waals surface area (Å²) in [5.41, 5.74) is 6.72. The Bertz CT molecular complexity index is 867. The van der Waals surface area contributed by atoms with E-state index in [4.69, 9.17) is 4.99 Å². The molecule has 0 atom stereocenters. The minimum atomic E-state index is 0.124. The zero-order chi connectivity index (χ0) is 17.6. The number of ketones is 1. The molecule has 25 heavy (non-hydrogen) atoms. The molecule has 4 heteroatoms. The number of carbonyl (C=O) groups excluding carboxylic acids is 1. The molecule has 0 N–H and O–H groups in total. The minimum Gasteiger partial charge on any atom is -0.310 e. The van der Waals surface area contributed by atoms with Gasteiger partial charge in [-0.25, -0.2) is 0 Å². The molecule has 2 aromatic carbocycles. The second-order valence-electron chi connectivity index (χ2n) is 6.99. The third-order valence-electron chi connectivity index (χ3n) is 5.12. The number of aryl methyl sites for hydroxylation is 3. The molecular formula is C21H23N3O. The lowest BCUT2D eigenvalue weighted by atomic mass is 10.1. The Labute approximate surface area is 148 Å². The Morgan fingerprint density at radius 3 is 2.44 bits per heavy atom. The molecular weight excluding hydrogens is 310 g/mol. The number of fused-ring (bicyclic) bond motifs is 3. The molecule has 0 aromatic heterocycles.